The summed E-state index contributed by atoms with van der Waals surface area (Å²) >= 11 is 5.24. The van der Waals surface area contributed by atoms with Gasteiger partial charge in [-0.2, -0.15) is 0 Å². The molecule has 1 heterocycles. The van der Waals surface area contributed by atoms with Crippen LogP contribution >= 0.6 is 24.0 Å². The predicted octanol–water partition coefficient (Wildman–Crippen LogP) is 0.552. The van der Waals surface area contributed by atoms with Crippen molar-refractivity contribution in [3.8, 4) is 0 Å². The molecule has 1 unspecified atom stereocenters. The summed E-state index contributed by atoms with van der Waals surface area (Å²) in [6, 6.07) is 0. The Labute approximate surface area is 76.8 Å². The second-order valence-corrected chi connectivity index (χ2v) is 2.51. The van der Waals surface area contributed by atoms with E-state index >= 15 is 0 Å². The van der Waals surface area contributed by atoms with E-state index in [1.54, 1.807) is 0 Å². The van der Waals surface area contributed by atoms with Crippen LogP contribution in [0.4, 0.5) is 0 Å². The molecule has 1 atom stereocenters. The minimum absolute atomic E-state index is 0. The van der Waals surface area contributed by atoms with Crippen LogP contribution in [-0.2, 0) is 9.53 Å². The summed E-state index contributed by atoms with van der Waals surface area (Å²) < 4.78 is 4.93. The number of esters is 1. The van der Waals surface area contributed by atoms with E-state index in [2.05, 4.69) is 5.32 Å². The Morgan fingerprint density at radius 1 is 1.73 bits per heavy atom. The highest BCUT2D eigenvalue weighted by atomic mass is 35.5. The van der Waals surface area contributed by atoms with Gasteiger partial charge in [0.15, 0.2) is 0 Å². The van der Waals surface area contributed by atoms with Crippen molar-refractivity contribution in [2.45, 2.75) is 12.5 Å². The minimum atomic E-state index is -0.324. The van der Waals surface area contributed by atoms with Crippen molar-refractivity contribution in [1.82, 2.24) is 5.32 Å². The first-order valence-electron chi connectivity index (χ1n) is 3.29. The van der Waals surface area contributed by atoms with Gasteiger partial charge in [0.1, 0.15) is 12.0 Å². The van der Waals surface area contributed by atoms with Gasteiger partial charge in [-0.1, -0.05) is 0 Å². The summed E-state index contributed by atoms with van der Waals surface area (Å²) in [6.45, 7) is 1.70. The monoisotopic (exact) mass is 199 g/mol. The summed E-state index contributed by atoms with van der Waals surface area (Å²) in [4.78, 5) is 10.6. The van der Waals surface area contributed by atoms with E-state index in [-0.39, 0.29) is 30.4 Å². The van der Waals surface area contributed by atoms with Gasteiger partial charge in [-0.15, -0.1) is 24.0 Å². The molecular weight excluding hydrogens is 189 g/mol. The number of nitrogens with one attached hydrogen (secondary N) is 1. The van der Waals surface area contributed by atoms with Crippen molar-refractivity contribution in [1.29, 1.82) is 0 Å². The van der Waals surface area contributed by atoms with Crippen LogP contribution in [0, 0.1) is 0 Å². The lowest BCUT2D eigenvalue weighted by molar-refractivity contribution is -0.144. The highest BCUT2D eigenvalue weighted by Gasteiger charge is 2.17. The van der Waals surface area contributed by atoms with Crippen molar-refractivity contribution >= 4 is 30.0 Å². The lowest BCUT2D eigenvalue weighted by Gasteiger charge is -2.07. The van der Waals surface area contributed by atoms with E-state index in [4.69, 9.17) is 16.3 Å². The molecule has 1 aliphatic heterocycles. The van der Waals surface area contributed by atoms with Gasteiger partial charge in [-0.05, 0) is 13.0 Å². The lowest BCUT2D eigenvalue weighted by Crippen LogP contribution is -2.21. The molecule has 1 saturated heterocycles. The summed E-state index contributed by atoms with van der Waals surface area (Å²) in [5, 5.41) is 3.08. The zero-order valence-electron chi connectivity index (χ0n) is 6.01. The molecule has 0 aromatic heterocycles. The lowest BCUT2D eigenvalue weighted by atomic mass is 10.3. The fourth-order valence-electron chi connectivity index (χ4n) is 0.946. The third-order valence-corrected chi connectivity index (χ3v) is 1.64. The highest BCUT2D eigenvalue weighted by Crippen LogP contribution is 2.03. The number of carbonyl (C=O) groups excluding carboxylic acids is 1. The van der Waals surface area contributed by atoms with E-state index in [0.29, 0.717) is 0 Å². The summed E-state index contributed by atoms with van der Waals surface area (Å²) in [5.41, 5.74) is 0. The van der Waals surface area contributed by atoms with Crippen molar-refractivity contribution in [3.05, 3.63) is 0 Å². The average molecular weight is 200 g/mol. The molecule has 0 spiro atoms. The zero-order chi connectivity index (χ0) is 7.40. The van der Waals surface area contributed by atoms with E-state index < -0.39 is 0 Å². The Morgan fingerprint density at radius 3 is 2.91 bits per heavy atom. The molecule has 11 heavy (non-hydrogen) atoms. The zero-order valence-corrected chi connectivity index (χ0v) is 7.58. The second kappa shape index (κ2) is 5.63. The maximum atomic E-state index is 10.6. The maximum Gasteiger partial charge on any atom is 0.321 e. The quantitative estimate of drug-likeness (QED) is 0.522. The van der Waals surface area contributed by atoms with E-state index in [1.165, 1.54) is 0 Å². The van der Waals surface area contributed by atoms with Crippen molar-refractivity contribution in [2.24, 2.45) is 0 Å². The number of alkyl halides is 1. The minimum Gasteiger partial charge on any atom is -0.460 e. The molecule has 0 aliphatic carbocycles. The number of carbonyl (C=O) groups is 1. The first-order chi connectivity index (χ1) is 4.83. The van der Waals surface area contributed by atoms with Crippen LogP contribution in [0.25, 0.3) is 0 Å². The average Bonchev–Trinajstić information content (AvgIpc) is 2.40. The van der Waals surface area contributed by atoms with E-state index in [9.17, 15) is 4.79 Å². The fraction of sp³-hybridized carbons (Fsp3) is 0.833. The third-order valence-electron chi connectivity index (χ3n) is 1.42. The molecule has 0 radical (unpaired) electrons. The van der Waals surface area contributed by atoms with Crippen LogP contribution in [-0.4, -0.2) is 31.0 Å². The molecule has 0 bridgehead atoms. The predicted molar refractivity (Wildman–Crippen MR) is 45.3 cm³/mol. The molecule has 3 nitrogen and oxygen atoms in total. The molecule has 1 fully saturated rings. The van der Waals surface area contributed by atoms with Gasteiger partial charge >= 0.3 is 5.97 Å². The number of hydrogen-bond acceptors (Lipinski definition) is 3. The maximum absolute atomic E-state index is 10.6. The normalized spacial score (nSPS) is 22.5. The summed E-state index contributed by atoms with van der Waals surface area (Å²) in [7, 11) is 0. The molecule has 0 saturated carbocycles. The first kappa shape index (κ1) is 11.0. The van der Waals surface area contributed by atoms with Gasteiger partial charge in [0.05, 0.1) is 0 Å². The standard InChI is InChI=1S/C6H10ClNO2.ClH/c7-3-6(9)10-5-1-2-8-4-5;/h5,8H,1-4H2;1H. The van der Waals surface area contributed by atoms with Gasteiger partial charge in [0.2, 0.25) is 0 Å². The van der Waals surface area contributed by atoms with E-state index in [0.717, 1.165) is 19.5 Å². The molecule has 0 amide bonds. The van der Waals surface area contributed by atoms with Crippen molar-refractivity contribution in [3.63, 3.8) is 0 Å². The Kier molecular flexibility index (Phi) is 5.64. The number of hydrogen-bond donors (Lipinski definition) is 1. The Morgan fingerprint density at radius 2 is 2.45 bits per heavy atom. The molecule has 0 aromatic rings. The number of ether oxygens (including phenoxy) is 1. The van der Waals surface area contributed by atoms with Crippen LogP contribution in [0.3, 0.4) is 0 Å². The summed E-state index contributed by atoms with van der Waals surface area (Å²) in [6.07, 6.45) is 0.953. The number of rotatable bonds is 2. The van der Waals surface area contributed by atoms with Gasteiger partial charge in [0, 0.05) is 6.54 Å². The van der Waals surface area contributed by atoms with Crippen LogP contribution in [0.5, 0.6) is 0 Å². The Bertz CT molecular complexity index is 126. The Hall–Kier alpha value is 0.01000. The van der Waals surface area contributed by atoms with Gasteiger partial charge in [0.25, 0.3) is 0 Å². The van der Waals surface area contributed by atoms with Gasteiger partial charge < -0.3 is 10.1 Å². The Balaban J connectivity index is 0.000001000. The van der Waals surface area contributed by atoms with Crippen LogP contribution in [0.15, 0.2) is 0 Å². The van der Waals surface area contributed by atoms with Gasteiger partial charge in [-0.25, -0.2) is 0 Å². The molecule has 1 aliphatic rings. The van der Waals surface area contributed by atoms with Gasteiger partial charge in [-0.3, -0.25) is 4.79 Å². The molecule has 1 rings (SSSR count). The smallest absolute Gasteiger partial charge is 0.321 e. The molecule has 5 heteroatoms. The molecule has 66 valence electrons. The molecule has 1 N–H and O–H groups in total. The van der Waals surface area contributed by atoms with Crippen molar-refractivity contribution < 1.29 is 9.53 Å². The molecular formula is C6H11Cl2NO2. The third kappa shape index (κ3) is 3.79. The fourth-order valence-corrected chi connectivity index (χ4v) is 1.01. The molecule has 0 aromatic carbocycles. The first-order valence-corrected chi connectivity index (χ1v) is 3.82. The number of halogens is 2. The highest BCUT2D eigenvalue weighted by molar-refractivity contribution is 6.26. The topological polar surface area (TPSA) is 38.3 Å². The second-order valence-electron chi connectivity index (χ2n) is 2.24. The van der Waals surface area contributed by atoms with Crippen molar-refractivity contribution in [2.75, 3.05) is 19.0 Å². The van der Waals surface area contributed by atoms with E-state index in [1.807, 2.05) is 0 Å². The SMILES string of the molecule is Cl.O=C(CCl)OC1CCNC1. The largest absolute Gasteiger partial charge is 0.460 e. The summed E-state index contributed by atoms with van der Waals surface area (Å²) in [5.74, 6) is -0.369. The van der Waals surface area contributed by atoms with Crippen LogP contribution in [0.1, 0.15) is 6.42 Å². The van der Waals surface area contributed by atoms with Crippen LogP contribution < -0.4 is 5.32 Å². The van der Waals surface area contributed by atoms with Crippen LogP contribution in [0.2, 0.25) is 0 Å².